The van der Waals surface area contributed by atoms with Crippen molar-refractivity contribution in [3.63, 3.8) is 0 Å². The van der Waals surface area contributed by atoms with Gasteiger partial charge in [0.1, 0.15) is 0 Å². The predicted molar refractivity (Wildman–Crippen MR) is 85.3 cm³/mol. The Morgan fingerprint density at radius 2 is 1.91 bits per heavy atom. The fraction of sp³-hybridized carbons (Fsp3) is 0.353. The average molecular weight is 313 g/mol. The van der Waals surface area contributed by atoms with Gasteiger partial charge >= 0.3 is 5.97 Å². The number of para-hydroxylation sites is 1. The normalized spacial score (nSPS) is 20.9. The summed E-state index contributed by atoms with van der Waals surface area (Å²) in [5, 5.41) is 16.2. The number of hydrogen-bond donors (Lipinski definition) is 2. The third-order valence-corrected chi connectivity index (χ3v) is 4.27. The monoisotopic (exact) mass is 313 g/mol. The van der Waals surface area contributed by atoms with E-state index in [1.165, 1.54) is 0 Å². The number of carbonyl (C=O) groups is 2. The van der Waals surface area contributed by atoms with Gasteiger partial charge in [-0.05, 0) is 31.4 Å². The zero-order valence-electron chi connectivity index (χ0n) is 12.7. The molecule has 2 aromatic rings. The zero-order valence-corrected chi connectivity index (χ0v) is 12.7. The van der Waals surface area contributed by atoms with Gasteiger partial charge in [0.05, 0.1) is 29.7 Å². The van der Waals surface area contributed by atoms with Crippen LogP contribution in [0.4, 0.5) is 5.69 Å². The number of nitrogens with one attached hydrogen (secondary N) is 1. The molecule has 0 bridgehead atoms. The van der Waals surface area contributed by atoms with E-state index in [1.54, 1.807) is 17.1 Å². The van der Waals surface area contributed by atoms with Gasteiger partial charge in [-0.15, -0.1) is 0 Å². The van der Waals surface area contributed by atoms with Crippen LogP contribution in [-0.4, -0.2) is 26.8 Å². The molecule has 6 nitrogen and oxygen atoms in total. The summed E-state index contributed by atoms with van der Waals surface area (Å²) in [6, 6.07) is 9.62. The summed E-state index contributed by atoms with van der Waals surface area (Å²) in [4.78, 5) is 23.4. The van der Waals surface area contributed by atoms with Crippen molar-refractivity contribution in [2.24, 2.45) is 11.8 Å². The van der Waals surface area contributed by atoms with E-state index in [0.717, 1.165) is 18.5 Å². The molecule has 6 heteroatoms. The molecule has 0 radical (unpaired) electrons. The van der Waals surface area contributed by atoms with Gasteiger partial charge in [0, 0.05) is 5.92 Å². The van der Waals surface area contributed by atoms with Gasteiger partial charge in [0.2, 0.25) is 5.91 Å². The molecule has 23 heavy (non-hydrogen) atoms. The van der Waals surface area contributed by atoms with Crippen LogP contribution in [0.3, 0.4) is 0 Å². The van der Waals surface area contributed by atoms with Crippen molar-refractivity contribution in [3.8, 4) is 5.69 Å². The number of amides is 1. The van der Waals surface area contributed by atoms with Crippen LogP contribution in [0.25, 0.3) is 5.69 Å². The highest BCUT2D eigenvalue weighted by molar-refractivity contribution is 5.92. The van der Waals surface area contributed by atoms with Gasteiger partial charge in [-0.3, -0.25) is 9.59 Å². The number of benzene rings is 1. The van der Waals surface area contributed by atoms with Gasteiger partial charge in [-0.1, -0.05) is 24.6 Å². The fourth-order valence-corrected chi connectivity index (χ4v) is 3.01. The van der Waals surface area contributed by atoms with Crippen molar-refractivity contribution in [3.05, 3.63) is 42.7 Å². The number of nitrogens with zero attached hydrogens (tertiary/aromatic N) is 2. The summed E-state index contributed by atoms with van der Waals surface area (Å²) in [5.41, 5.74) is 1.54. The zero-order chi connectivity index (χ0) is 16.2. The first-order chi connectivity index (χ1) is 11.1. The molecule has 2 unspecified atom stereocenters. The molecule has 0 spiro atoms. The lowest BCUT2D eigenvalue weighted by molar-refractivity contribution is -0.143. The Bertz CT molecular complexity index is 696. The van der Waals surface area contributed by atoms with Crippen LogP contribution < -0.4 is 5.32 Å². The summed E-state index contributed by atoms with van der Waals surface area (Å²) < 4.78 is 1.69. The first-order valence-corrected chi connectivity index (χ1v) is 7.77. The molecule has 3 rings (SSSR count). The Kier molecular flexibility index (Phi) is 4.41. The second-order valence-electron chi connectivity index (χ2n) is 5.90. The Balaban J connectivity index is 1.64. The summed E-state index contributed by atoms with van der Waals surface area (Å²) in [7, 11) is 0. The largest absolute Gasteiger partial charge is 0.481 e. The van der Waals surface area contributed by atoms with E-state index in [0.29, 0.717) is 18.5 Å². The van der Waals surface area contributed by atoms with Crippen molar-refractivity contribution >= 4 is 17.6 Å². The average Bonchev–Trinajstić information content (AvgIpc) is 3.04. The van der Waals surface area contributed by atoms with E-state index in [-0.39, 0.29) is 11.8 Å². The van der Waals surface area contributed by atoms with Gasteiger partial charge in [0.25, 0.3) is 0 Å². The number of rotatable bonds is 4. The maximum atomic E-state index is 12.3. The molecule has 1 aromatic heterocycles. The summed E-state index contributed by atoms with van der Waals surface area (Å²) in [6.07, 6.45) is 5.94. The predicted octanol–water partition coefficient (Wildman–Crippen LogP) is 2.70. The molecular formula is C17H19N3O3. The Hall–Kier alpha value is -2.63. The maximum Gasteiger partial charge on any atom is 0.306 e. The number of carboxylic acid groups (broad SMARTS) is 1. The SMILES string of the molecule is O=C(O)C1CCCC(C(=O)Nc2cnn(-c3ccccc3)c2)C1. The number of aromatic nitrogens is 2. The number of aliphatic carboxylic acids is 1. The molecule has 2 atom stereocenters. The molecule has 120 valence electrons. The van der Waals surface area contributed by atoms with E-state index in [4.69, 9.17) is 5.11 Å². The number of anilines is 1. The molecule has 0 saturated heterocycles. The first kappa shape index (κ1) is 15.3. The third kappa shape index (κ3) is 3.59. The number of carbonyl (C=O) groups excluding carboxylic acids is 1. The molecule has 0 aliphatic heterocycles. The van der Waals surface area contributed by atoms with Gasteiger partial charge in [-0.25, -0.2) is 4.68 Å². The molecule has 1 saturated carbocycles. The Labute approximate surface area is 134 Å². The fourth-order valence-electron chi connectivity index (χ4n) is 3.01. The summed E-state index contributed by atoms with van der Waals surface area (Å²) in [5.74, 6) is -1.58. The second-order valence-corrected chi connectivity index (χ2v) is 5.90. The van der Waals surface area contributed by atoms with Crippen LogP contribution in [0, 0.1) is 11.8 Å². The van der Waals surface area contributed by atoms with Gasteiger partial charge < -0.3 is 10.4 Å². The first-order valence-electron chi connectivity index (χ1n) is 7.77. The highest BCUT2D eigenvalue weighted by Crippen LogP contribution is 2.30. The Morgan fingerprint density at radius 3 is 2.65 bits per heavy atom. The van der Waals surface area contributed by atoms with E-state index in [1.807, 2.05) is 30.3 Å². The minimum Gasteiger partial charge on any atom is -0.481 e. The quantitative estimate of drug-likeness (QED) is 0.909. The molecule has 1 aliphatic carbocycles. The minimum atomic E-state index is -0.806. The second kappa shape index (κ2) is 6.64. The van der Waals surface area contributed by atoms with Crippen LogP contribution in [-0.2, 0) is 9.59 Å². The highest BCUT2D eigenvalue weighted by Gasteiger charge is 2.31. The minimum absolute atomic E-state index is 0.122. The molecule has 1 aromatic carbocycles. The van der Waals surface area contributed by atoms with Crippen molar-refractivity contribution in [2.45, 2.75) is 25.7 Å². The summed E-state index contributed by atoms with van der Waals surface area (Å²) >= 11 is 0. The maximum absolute atomic E-state index is 12.3. The lowest BCUT2D eigenvalue weighted by atomic mass is 9.81. The van der Waals surface area contributed by atoms with E-state index in [9.17, 15) is 9.59 Å². The molecule has 1 heterocycles. The van der Waals surface area contributed by atoms with Crippen LogP contribution >= 0.6 is 0 Å². The molecule has 1 fully saturated rings. The van der Waals surface area contributed by atoms with Crippen molar-refractivity contribution in [2.75, 3.05) is 5.32 Å². The van der Waals surface area contributed by atoms with Crippen molar-refractivity contribution in [1.29, 1.82) is 0 Å². The molecule has 1 aliphatic rings. The van der Waals surface area contributed by atoms with Crippen LogP contribution in [0.2, 0.25) is 0 Å². The standard InChI is InChI=1S/C17H19N3O3/c21-16(12-5-4-6-13(9-12)17(22)23)19-14-10-18-20(11-14)15-7-2-1-3-8-15/h1-3,7-8,10-13H,4-6,9H2,(H,19,21)(H,22,23). The van der Waals surface area contributed by atoms with Crippen LogP contribution in [0.5, 0.6) is 0 Å². The summed E-state index contributed by atoms with van der Waals surface area (Å²) in [6.45, 7) is 0. The lowest BCUT2D eigenvalue weighted by Gasteiger charge is -2.25. The third-order valence-electron chi connectivity index (χ3n) is 4.27. The highest BCUT2D eigenvalue weighted by atomic mass is 16.4. The number of carboxylic acids is 1. The van der Waals surface area contributed by atoms with Crippen LogP contribution in [0.1, 0.15) is 25.7 Å². The smallest absolute Gasteiger partial charge is 0.306 e. The molecular weight excluding hydrogens is 294 g/mol. The van der Waals surface area contributed by atoms with E-state index in [2.05, 4.69) is 10.4 Å². The van der Waals surface area contributed by atoms with Crippen molar-refractivity contribution < 1.29 is 14.7 Å². The van der Waals surface area contributed by atoms with E-state index >= 15 is 0 Å². The lowest BCUT2D eigenvalue weighted by Crippen LogP contribution is -2.30. The van der Waals surface area contributed by atoms with Gasteiger partial charge in [0.15, 0.2) is 0 Å². The Morgan fingerprint density at radius 1 is 1.17 bits per heavy atom. The van der Waals surface area contributed by atoms with Crippen molar-refractivity contribution in [1.82, 2.24) is 9.78 Å². The topological polar surface area (TPSA) is 84.2 Å². The number of hydrogen-bond acceptors (Lipinski definition) is 3. The van der Waals surface area contributed by atoms with Crippen LogP contribution in [0.15, 0.2) is 42.7 Å². The molecule has 2 N–H and O–H groups in total. The van der Waals surface area contributed by atoms with E-state index < -0.39 is 11.9 Å². The van der Waals surface area contributed by atoms with Gasteiger partial charge in [-0.2, -0.15) is 5.10 Å². The molecule has 1 amide bonds.